The molecule has 3 aliphatic rings. The fourth-order valence-corrected chi connectivity index (χ4v) is 3.98. The maximum absolute atomic E-state index is 12.1. The van der Waals surface area contributed by atoms with Crippen LogP contribution in [0.2, 0.25) is 0 Å². The second-order valence-corrected chi connectivity index (χ2v) is 6.89. The molecule has 1 aromatic carbocycles. The predicted molar refractivity (Wildman–Crippen MR) is 73.7 cm³/mol. The number of fused-ring (bicyclic) bond motifs is 4. The molecule has 0 radical (unpaired) electrons. The Kier molecular flexibility index (Phi) is 2.26. The zero-order valence-electron chi connectivity index (χ0n) is 11.0. The number of ketones is 1. The highest BCUT2D eigenvalue weighted by molar-refractivity contribution is 9.10. The van der Waals surface area contributed by atoms with Crippen molar-refractivity contribution in [3.8, 4) is 5.75 Å². The van der Waals surface area contributed by atoms with Crippen molar-refractivity contribution in [1.82, 2.24) is 0 Å². The zero-order chi connectivity index (χ0) is 13.4. The van der Waals surface area contributed by atoms with Gasteiger partial charge in [-0.05, 0) is 54.2 Å². The molecule has 1 saturated heterocycles. The molecule has 0 spiro atoms. The van der Waals surface area contributed by atoms with Crippen LogP contribution in [0.4, 0.5) is 0 Å². The van der Waals surface area contributed by atoms with Crippen molar-refractivity contribution in [3.05, 3.63) is 27.2 Å². The number of rotatable bonds is 0. The number of carbonyl (C=O) groups excluding carboxylic acids is 1. The summed E-state index contributed by atoms with van der Waals surface area (Å²) in [6, 6.07) is 2.00. The molecule has 3 nitrogen and oxygen atoms in total. The number of Topliss-reactive ketones (excluding diaryl/α,β-unsaturated/α-hetero) is 1. The van der Waals surface area contributed by atoms with E-state index < -0.39 is 0 Å². The summed E-state index contributed by atoms with van der Waals surface area (Å²) in [7, 11) is 0. The Hall–Kier alpha value is -0.870. The van der Waals surface area contributed by atoms with Crippen LogP contribution in [0.15, 0.2) is 10.5 Å². The van der Waals surface area contributed by atoms with Gasteiger partial charge < -0.3 is 9.47 Å². The lowest BCUT2D eigenvalue weighted by atomic mass is 9.86. The van der Waals surface area contributed by atoms with E-state index in [1.807, 2.05) is 6.07 Å². The van der Waals surface area contributed by atoms with Gasteiger partial charge in [0.25, 0.3) is 0 Å². The Morgan fingerprint density at radius 1 is 1.37 bits per heavy atom. The average Bonchev–Trinajstić information content (AvgIpc) is 3.14. The van der Waals surface area contributed by atoms with Gasteiger partial charge in [-0.2, -0.15) is 0 Å². The van der Waals surface area contributed by atoms with Gasteiger partial charge in [-0.25, -0.2) is 0 Å². The maximum atomic E-state index is 12.1. The Morgan fingerprint density at radius 3 is 2.95 bits per heavy atom. The van der Waals surface area contributed by atoms with Gasteiger partial charge in [0.1, 0.15) is 23.6 Å². The highest BCUT2D eigenvalue weighted by atomic mass is 79.9. The van der Waals surface area contributed by atoms with Crippen LogP contribution in [0.3, 0.4) is 0 Å². The summed E-state index contributed by atoms with van der Waals surface area (Å²) >= 11 is 3.65. The van der Waals surface area contributed by atoms with Gasteiger partial charge in [-0.1, -0.05) is 0 Å². The van der Waals surface area contributed by atoms with Crippen molar-refractivity contribution in [1.29, 1.82) is 0 Å². The second kappa shape index (κ2) is 3.61. The molecule has 4 heteroatoms. The molecule has 0 aromatic heterocycles. The molecule has 0 saturated carbocycles. The van der Waals surface area contributed by atoms with Crippen LogP contribution in [-0.4, -0.2) is 17.5 Å². The number of hydrogen-bond acceptors (Lipinski definition) is 3. The third kappa shape index (κ3) is 1.56. The van der Waals surface area contributed by atoms with E-state index in [4.69, 9.17) is 9.47 Å². The van der Waals surface area contributed by atoms with Gasteiger partial charge in [-0.3, -0.25) is 4.79 Å². The summed E-state index contributed by atoms with van der Waals surface area (Å²) in [6.07, 6.45) is 2.72. The number of hydrogen-bond donors (Lipinski definition) is 0. The van der Waals surface area contributed by atoms with Crippen molar-refractivity contribution in [2.24, 2.45) is 0 Å². The van der Waals surface area contributed by atoms with Crippen LogP contribution in [0.5, 0.6) is 5.75 Å². The molecule has 100 valence electrons. The molecule has 0 amide bonds. The first kappa shape index (κ1) is 11.9. The highest BCUT2D eigenvalue weighted by Gasteiger charge is 2.57. The van der Waals surface area contributed by atoms with Gasteiger partial charge in [0.15, 0.2) is 5.78 Å². The maximum Gasteiger partial charge on any atom is 0.163 e. The molecule has 0 N–H and O–H groups in total. The van der Waals surface area contributed by atoms with Crippen LogP contribution in [0, 0.1) is 0 Å². The van der Waals surface area contributed by atoms with E-state index in [-0.39, 0.29) is 23.6 Å². The Balaban J connectivity index is 1.93. The standard InChI is InChI=1S/C15H15BrO3/c1-15(2)14-13(18-14)9-6-8-7(4-3-5-10(8)17)11(16)12(9)19-15/h6,13-14H,3-5H2,1-2H3. The summed E-state index contributed by atoms with van der Waals surface area (Å²) in [5.41, 5.74) is 2.69. The van der Waals surface area contributed by atoms with E-state index in [9.17, 15) is 4.79 Å². The van der Waals surface area contributed by atoms with E-state index >= 15 is 0 Å². The molecular formula is C15H15BrO3. The molecule has 2 unspecified atom stereocenters. The van der Waals surface area contributed by atoms with Gasteiger partial charge in [-0.15, -0.1) is 0 Å². The molecule has 2 heterocycles. The Labute approximate surface area is 120 Å². The van der Waals surface area contributed by atoms with Gasteiger partial charge in [0.2, 0.25) is 0 Å². The first-order chi connectivity index (χ1) is 8.99. The lowest BCUT2D eigenvalue weighted by Crippen LogP contribution is -2.38. The summed E-state index contributed by atoms with van der Waals surface area (Å²) in [5, 5.41) is 0. The van der Waals surface area contributed by atoms with Crippen molar-refractivity contribution < 1.29 is 14.3 Å². The van der Waals surface area contributed by atoms with Crippen molar-refractivity contribution >= 4 is 21.7 Å². The Bertz CT molecular complexity index is 606. The minimum absolute atomic E-state index is 0.0927. The summed E-state index contributed by atoms with van der Waals surface area (Å²) < 4.78 is 12.8. The molecule has 19 heavy (non-hydrogen) atoms. The van der Waals surface area contributed by atoms with Crippen LogP contribution in [-0.2, 0) is 11.2 Å². The molecule has 4 rings (SSSR count). The number of ether oxygens (including phenoxy) is 2. The monoisotopic (exact) mass is 322 g/mol. The lowest BCUT2D eigenvalue weighted by Gasteiger charge is -2.32. The SMILES string of the molecule is CC1(C)Oc2c(cc3c(c2Br)CCCC3=O)C2OC21. The summed E-state index contributed by atoms with van der Waals surface area (Å²) in [6.45, 7) is 4.11. The van der Waals surface area contributed by atoms with E-state index in [1.54, 1.807) is 0 Å². The predicted octanol–water partition coefficient (Wildman–Crippen LogP) is 3.58. The van der Waals surface area contributed by atoms with Gasteiger partial charge in [0, 0.05) is 17.5 Å². The smallest absolute Gasteiger partial charge is 0.163 e. The van der Waals surface area contributed by atoms with Gasteiger partial charge in [0.05, 0.1) is 4.47 Å². The molecule has 0 bridgehead atoms. The number of epoxide rings is 1. The van der Waals surface area contributed by atoms with Crippen LogP contribution >= 0.6 is 15.9 Å². The zero-order valence-corrected chi connectivity index (χ0v) is 12.5. The molecule has 1 aliphatic carbocycles. The molecule has 1 aromatic rings. The minimum atomic E-state index is -0.299. The Morgan fingerprint density at radius 2 is 2.16 bits per heavy atom. The summed E-state index contributed by atoms with van der Waals surface area (Å²) in [4.78, 5) is 12.1. The third-order valence-electron chi connectivity index (χ3n) is 4.33. The second-order valence-electron chi connectivity index (χ2n) is 6.09. The van der Waals surface area contributed by atoms with E-state index in [0.717, 1.165) is 39.8 Å². The largest absolute Gasteiger partial charge is 0.483 e. The van der Waals surface area contributed by atoms with E-state index in [2.05, 4.69) is 29.8 Å². The first-order valence-electron chi connectivity index (χ1n) is 6.72. The minimum Gasteiger partial charge on any atom is -0.483 e. The number of benzene rings is 1. The molecule has 2 atom stereocenters. The van der Waals surface area contributed by atoms with Crippen LogP contribution in [0.1, 0.15) is 54.3 Å². The lowest BCUT2D eigenvalue weighted by molar-refractivity contribution is 0.0714. The van der Waals surface area contributed by atoms with Crippen molar-refractivity contribution in [3.63, 3.8) is 0 Å². The summed E-state index contributed by atoms with van der Waals surface area (Å²) in [5.74, 6) is 1.11. The fourth-order valence-electron chi connectivity index (χ4n) is 3.26. The number of carbonyl (C=O) groups is 1. The molecular weight excluding hydrogens is 308 g/mol. The number of halogens is 1. The first-order valence-corrected chi connectivity index (χ1v) is 7.51. The normalized spacial score (nSPS) is 29.9. The fraction of sp³-hybridized carbons (Fsp3) is 0.533. The van der Waals surface area contributed by atoms with Crippen LogP contribution < -0.4 is 4.74 Å². The van der Waals surface area contributed by atoms with Crippen molar-refractivity contribution in [2.75, 3.05) is 0 Å². The van der Waals surface area contributed by atoms with Gasteiger partial charge >= 0.3 is 0 Å². The topological polar surface area (TPSA) is 38.8 Å². The van der Waals surface area contributed by atoms with E-state index in [1.165, 1.54) is 0 Å². The van der Waals surface area contributed by atoms with E-state index in [0.29, 0.717) is 6.42 Å². The van der Waals surface area contributed by atoms with Crippen LogP contribution in [0.25, 0.3) is 0 Å². The molecule has 1 fully saturated rings. The van der Waals surface area contributed by atoms with Crippen molar-refractivity contribution in [2.45, 2.75) is 50.9 Å². The molecule has 2 aliphatic heterocycles. The third-order valence-corrected chi connectivity index (χ3v) is 5.17. The quantitative estimate of drug-likeness (QED) is 0.685. The average molecular weight is 323 g/mol. The highest BCUT2D eigenvalue weighted by Crippen LogP contribution is 2.56.